The van der Waals surface area contributed by atoms with Crippen molar-refractivity contribution in [2.45, 2.75) is 6.54 Å². The third-order valence-electron chi connectivity index (χ3n) is 3.44. The highest BCUT2D eigenvalue weighted by atomic mass is 16.1. The Hall–Kier alpha value is -2.79. The van der Waals surface area contributed by atoms with Gasteiger partial charge in [-0.2, -0.15) is 0 Å². The fraction of sp³-hybridized carbons (Fsp3) is 0.167. The zero-order valence-electron chi connectivity index (χ0n) is 13.2. The van der Waals surface area contributed by atoms with Crippen molar-refractivity contribution in [1.82, 2.24) is 19.9 Å². The SMILES string of the molecule is CN(C)Cc1ccc(-c2nc(-c3ccncc3)cc(=O)[nH]2)cc1. The Morgan fingerprint density at radius 3 is 2.35 bits per heavy atom. The maximum absolute atomic E-state index is 12.0. The molecule has 0 amide bonds. The van der Waals surface area contributed by atoms with Gasteiger partial charge in [0, 0.05) is 36.1 Å². The number of aromatic amines is 1. The molecule has 2 heterocycles. The molecule has 3 rings (SSSR count). The van der Waals surface area contributed by atoms with Gasteiger partial charge < -0.3 is 9.88 Å². The standard InChI is InChI=1S/C18H18N4O/c1-22(2)12-13-3-5-15(6-4-13)18-20-16(11-17(23)21-18)14-7-9-19-10-8-14/h3-11H,12H2,1-2H3,(H,20,21,23). The molecule has 0 unspecified atom stereocenters. The Kier molecular flexibility index (Phi) is 4.30. The summed E-state index contributed by atoms with van der Waals surface area (Å²) in [6, 6.07) is 13.2. The third kappa shape index (κ3) is 3.70. The van der Waals surface area contributed by atoms with E-state index in [9.17, 15) is 4.79 Å². The lowest BCUT2D eigenvalue weighted by atomic mass is 10.1. The first kappa shape index (κ1) is 15.1. The molecule has 0 aliphatic heterocycles. The van der Waals surface area contributed by atoms with Crippen molar-refractivity contribution in [2.24, 2.45) is 0 Å². The summed E-state index contributed by atoms with van der Waals surface area (Å²) < 4.78 is 0. The molecular weight excluding hydrogens is 288 g/mol. The van der Waals surface area contributed by atoms with E-state index in [1.165, 1.54) is 11.6 Å². The van der Waals surface area contributed by atoms with Gasteiger partial charge in [-0.05, 0) is 31.8 Å². The van der Waals surface area contributed by atoms with Crippen LogP contribution in [-0.4, -0.2) is 33.9 Å². The van der Waals surface area contributed by atoms with E-state index in [0.717, 1.165) is 17.7 Å². The first-order chi connectivity index (χ1) is 11.1. The highest BCUT2D eigenvalue weighted by Gasteiger charge is 2.06. The smallest absolute Gasteiger partial charge is 0.251 e. The second kappa shape index (κ2) is 6.54. The van der Waals surface area contributed by atoms with Crippen LogP contribution in [0.15, 0.2) is 59.7 Å². The predicted molar refractivity (Wildman–Crippen MR) is 90.9 cm³/mol. The van der Waals surface area contributed by atoms with E-state index in [0.29, 0.717) is 11.5 Å². The number of hydrogen-bond donors (Lipinski definition) is 1. The second-order valence-electron chi connectivity index (χ2n) is 5.65. The number of rotatable bonds is 4. The van der Waals surface area contributed by atoms with E-state index in [1.54, 1.807) is 12.4 Å². The Morgan fingerprint density at radius 2 is 1.70 bits per heavy atom. The minimum absolute atomic E-state index is 0.167. The first-order valence-electron chi connectivity index (χ1n) is 7.37. The molecule has 5 nitrogen and oxygen atoms in total. The summed E-state index contributed by atoms with van der Waals surface area (Å²) >= 11 is 0. The summed E-state index contributed by atoms with van der Waals surface area (Å²) in [6.07, 6.45) is 3.38. The summed E-state index contributed by atoms with van der Waals surface area (Å²) in [5, 5.41) is 0. The van der Waals surface area contributed by atoms with Gasteiger partial charge in [0.25, 0.3) is 5.56 Å². The van der Waals surface area contributed by atoms with E-state index >= 15 is 0 Å². The van der Waals surface area contributed by atoms with Gasteiger partial charge in [0.15, 0.2) is 0 Å². The molecule has 0 saturated carbocycles. The van der Waals surface area contributed by atoms with Crippen LogP contribution in [0.3, 0.4) is 0 Å². The van der Waals surface area contributed by atoms with Gasteiger partial charge >= 0.3 is 0 Å². The van der Waals surface area contributed by atoms with Crippen molar-refractivity contribution in [1.29, 1.82) is 0 Å². The molecule has 1 aromatic carbocycles. The Labute approximate surface area is 134 Å². The van der Waals surface area contributed by atoms with Crippen molar-refractivity contribution in [3.05, 3.63) is 70.8 Å². The Balaban J connectivity index is 1.97. The normalized spacial score (nSPS) is 10.9. The van der Waals surface area contributed by atoms with Crippen LogP contribution >= 0.6 is 0 Å². The number of benzene rings is 1. The van der Waals surface area contributed by atoms with Crippen LogP contribution in [0.2, 0.25) is 0 Å². The average molecular weight is 306 g/mol. The fourth-order valence-corrected chi connectivity index (χ4v) is 2.40. The van der Waals surface area contributed by atoms with Crippen LogP contribution in [0.1, 0.15) is 5.56 Å². The maximum Gasteiger partial charge on any atom is 0.251 e. The second-order valence-corrected chi connectivity index (χ2v) is 5.65. The van der Waals surface area contributed by atoms with E-state index in [2.05, 4.69) is 32.0 Å². The zero-order chi connectivity index (χ0) is 16.2. The highest BCUT2D eigenvalue weighted by molar-refractivity contribution is 5.63. The minimum atomic E-state index is -0.167. The van der Waals surface area contributed by atoms with E-state index < -0.39 is 0 Å². The lowest BCUT2D eigenvalue weighted by Crippen LogP contribution is -2.11. The quantitative estimate of drug-likeness (QED) is 0.804. The van der Waals surface area contributed by atoms with Crippen molar-refractivity contribution < 1.29 is 0 Å². The molecule has 0 fully saturated rings. The van der Waals surface area contributed by atoms with Crippen LogP contribution in [0.25, 0.3) is 22.6 Å². The van der Waals surface area contributed by atoms with Gasteiger partial charge in [-0.1, -0.05) is 24.3 Å². The Morgan fingerprint density at radius 1 is 1.00 bits per heavy atom. The van der Waals surface area contributed by atoms with Crippen LogP contribution in [0.4, 0.5) is 0 Å². The van der Waals surface area contributed by atoms with Crippen molar-refractivity contribution in [3.8, 4) is 22.6 Å². The van der Waals surface area contributed by atoms with Crippen LogP contribution in [0.5, 0.6) is 0 Å². The fourth-order valence-electron chi connectivity index (χ4n) is 2.40. The van der Waals surface area contributed by atoms with E-state index in [4.69, 9.17) is 0 Å². The summed E-state index contributed by atoms with van der Waals surface area (Å²) in [4.78, 5) is 25.4. The topological polar surface area (TPSA) is 61.9 Å². The van der Waals surface area contributed by atoms with Gasteiger partial charge in [0.05, 0.1) is 5.69 Å². The summed E-state index contributed by atoms with van der Waals surface area (Å²) in [7, 11) is 4.07. The molecule has 0 atom stereocenters. The van der Waals surface area contributed by atoms with Gasteiger partial charge in [0.1, 0.15) is 5.82 Å². The van der Waals surface area contributed by atoms with Gasteiger partial charge in [0.2, 0.25) is 0 Å². The summed E-state index contributed by atoms with van der Waals surface area (Å²) in [5.41, 5.74) is 3.45. The van der Waals surface area contributed by atoms with Gasteiger partial charge in [-0.15, -0.1) is 0 Å². The number of nitrogens with zero attached hydrogens (tertiary/aromatic N) is 3. The number of H-pyrrole nitrogens is 1. The van der Waals surface area contributed by atoms with Crippen molar-refractivity contribution in [2.75, 3.05) is 14.1 Å². The van der Waals surface area contributed by atoms with Gasteiger partial charge in [-0.3, -0.25) is 9.78 Å². The molecular formula is C18H18N4O. The molecule has 1 N–H and O–H groups in total. The molecule has 0 aliphatic rings. The zero-order valence-corrected chi connectivity index (χ0v) is 13.2. The van der Waals surface area contributed by atoms with Crippen molar-refractivity contribution >= 4 is 0 Å². The largest absolute Gasteiger partial charge is 0.306 e. The number of hydrogen-bond acceptors (Lipinski definition) is 4. The molecule has 0 bridgehead atoms. The Bertz CT molecular complexity index is 839. The molecule has 0 aliphatic carbocycles. The minimum Gasteiger partial charge on any atom is -0.306 e. The van der Waals surface area contributed by atoms with Crippen LogP contribution in [-0.2, 0) is 6.54 Å². The van der Waals surface area contributed by atoms with Gasteiger partial charge in [-0.25, -0.2) is 4.98 Å². The molecule has 116 valence electrons. The average Bonchev–Trinajstić information content (AvgIpc) is 2.55. The maximum atomic E-state index is 12.0. The number of aromatic nitrogens is 3. The monoisotopic (exact) mass is 306 g/mol. The summed E-state index contributed by atoms with van der Waals surface area (Å²) in [5.74, 6) is 0.570. The third-order valence-corrected chi connectivity index (χ3v) is 3.44. The lowest BCUT2D eigenvalue weighted by Gasteiger charge is -2.10. The highest BCUT2D eigenvalue weighted by Crippen LogP contribution is 2.19. The first-order valence-corrected chi connectivity index (χ1v) is 7.37. The lowest BCUT2D eigenvalue weighted by molar-refractivity contribution is 0.402. The predicted octanol–water partition coefficient (Wildman–Crippen LogP) is 2.56. The molecule has 23 heavy (non-hydrogen) atoms. The van der Waals surface area contributed by atoms with Crippen LogP contribution in [0, 0.1) is 0 Å². The van der Waals surface area contributed by atoms with E-state index in [1.807, 2.05) is 38.4 Å². The van der Waals surface area contributed by atoms with Crippen LogP contribution < -0.4 is 5.56 Å². The van der Waals surface area contributed by atoms with Crippen molar-refractivity contribution in [3.63, 3.8) is 0 Å². The molecule has 0 radical (unpaired) electrons. The number of nitrogens with one attached hydrogen (secondary N) is 1. The molecule has 5 heteroatoms. The molecule has 0 saturated heterocycles. The molecule has 0 spiro atoms. The number of pyridine rings is 1. The molecule has 2 aromatic heterocycles. The summed E-state index contributed by atoms with van der Waals surface area (Å²) in [6.45, 7) is 0.876. The molecule has 3 aromatic rings. The van der Waals surface area contributed by atoms with E-state index in [-0.39, 0.29) is 5.56 Å².